The second kappa shape index (κ2) is 6.49. The molecule has 4 heterocycles. The van der Waals surface area contributed by atoms with E-state index in [2.05, 4.69) is 19.3 Å². The van der Waals surface area contributed by atoms with Gasteiger partial charge in [0.25, 0.3) is 0 Å². The molecule has 146 valence electrons. The second-order valence-electron chi connectivity index (χ2n) is 7.75. The number of nitrogens with zero attached hydrogens (tertiary/aromatic N) is 5. The molecule has 2 fully saturated rings. The van der Waals surface area contributed by atoms with Gasteiger partial charge in [-0.15, -0.1) is 0 Å². The normalized spacial score (nSPS) is 19.9. The number of hydrogen-bond donors (Lipinski definition) is 0. The largest absolute Gasteiger partial charge is 0.433 e. The van der Waals surface area contributed by atoms with Crippen molar-refractivity contribution in [3.8, 4) is 0 Å². The summed E-state index contributed by atoms with van der Waals surface area (Å²) in [5.74, 6) is 0. The van der Waals surface area contributed by atoms with Crippen molar-refractivity contribution in [1.82, 2.24) is 24.0 Å². The van der Waals surface area contributed by atoms with Crippen LogP contribution in [-0.4, -0.2) is 50.1 Å². The van der Waals surface area contributed by atoms with Crippen molar-refractivity contribution < 1.29 is 13.2 Å². The fraction of sp³-hybridized carbons (Fsp3) is 0.556. The Morgan fingerprint density at radius 2 is 1.89 bits per heavy atom. The first-order valence-electron chi connectivity index (χ1n) is 8.83. The first-order chi connectivity index (χ1) is 12.6. The molecule has 0 amide bonds. The van der Waals surface area contributed by atoms with Gasteiger partial charge in [-0.3, -0.25) is 9.58 Å². The maximum atomic E-state index is 12.9. The molecule has 4 rings (SSSR count). The Balaban J connectivity index is 1.31. The highest BCUT2D eigenvalue weighted by molar-refractivity contribution is 7.97. The van der Waals surface area contributed by atoms with E-state index in [0.29, 0.717) is 16.7 Å². The number of aromatic nitrogens is 3. The molecule has 9 heteroatoms. The summed E-state index contributed by atoms with van der Waals surface area (Å²) in [4.78, 5) is 6.98. The van der Waals surface area contributed by atoms with Crippen molar-refractivity contribution in [3.05, 3.63) is 41.0 Å². The molecule has 1 spiro atoms. The molecule has 0 aliphatic carbocycles. The summed E-state index contributed by atoms with van der Waals surface area (Å²) in [6, 6.07) is 3.18. The topological polar surface area (TPSA) is 37.2 Å². The van der Waals surface area contributed by atoms with E-state index in [1.54, 1.807) is 13.8 Å². The molecule has 5 nitrogen and oxygen atoms in total. The van der Waals surface area contributed by atoms with Gasteiger partial charge in [-0.1, -0.05) is 0 Å². The molecule has 2 saturated heterocycles. The van der Waals surface area contributed by atoms with E-state index in [9.17, 15) is 13.2 Å². The summed E-state index contributed by atoms with van der Waals surface area (Å²) in [7, 11) is 1.92. The third kappa shape index (κ3) is 3.72. The van der Waals surface area contributed by atoms with E-state index in [1.165, 1.54) is 11.9 Å². The molecule has 2 aliphatic heterocycles. The molecule has 0 aromatic carbocycles. The van der Waals surface area contributed by atoms with Crippen LogP contribution >= 0.6 is 11.9 Å². The van der Waals surface area contributed by atoms with Crippen molar-refractivity contribution in [1.29, 1.82) is 0 Å². The van der Waals surface area contributed by atoms with E-state index >= 15 is 0 Å². The quantitative estimate of drug-likeness (QED) is 0.741. The highest BCUT2D eigenvalue weighted by atomic mass is 32.2. The maximum Gasteiger partial charge on any atom is 0.433 e. The minimum Gasteiger partial charge on any atom is -0.296 e. The smallest absolute Gasteiger partial charge is 0.296 e. The summed E-state index contributed by atoms with van der Waals surface area (Å²) < 4.78 is 42.7. The number of rotatable bonds is 4. The summed E-state index contributed by atoms with van der Waals surface area (Å²) in [6.45, 7) is 8.24. The van der Waals surface area contributed by atoms with Gasteiger partial charge in [0.2, 0.25) is 0 Å². The number of likely N-dealkylation sites (tertiary alicyclic amines) is 1. The molecule has 27 heavy (non-hydrogen) atoms. The van der Waals surface area contributed by atoms with Crippen LogP contribution in [0.1, 0.15) is 22.6 Å². The maximum absolute atomic E-state index is 12.9. The predicted molar refractivity (Wildman–Crippen MR) is 97.1 cm³/mol. The van der Waals surface area contributed by atoms with Crippen LogP contribution in [0.5, 0.6) is 0 Å². The van der Waals surface area contributed by atoms with Crippen LogP contribution in [0.15, 0.2) is 23.2 Å². The molecule has 0 unspecified atom stereocenters. The third-order valence-electron chi connectivity index (χ3n) is 5.13. The monoisotopic (exact) mass is 397 g/mol. The van der Waals surface area contributed by atoms with Crippen LogP contribution in [0.3, 0.4) is 0 Å². The van der Waals surface area contributed by atoms with Gasteiger partial charge < -0.3 is 0 Å². The van der Waals surface area contributed by atoms with E-state index in [4.69, 9.17) is 0 Å². The molecule has 2 aromatic rings. The Bertz CT molecular complexity index is 826. The zero-order valence-corrected chi connectivity index (χ0v) is 16.4. The standard InChI is InChI=1S/C18H22F3N5S/c1-12-6-15(18(19,20)21)22-13(2)16(12)27-26-10-17(11-26)8-25(9-17)7-14-4-5-24(3)23-14/h4-6H,7-11H2,1-3H3. The van der Waals surface area contributed by atoms with Gasteiger partial charge in [0.05, 0.1) is 11.4 Å². The molecular weight excluding hydrogens is 375 g/mol. The zero-order chi connectivity index (χ0) is 19.4. The molecule has 2 aliphatic rings. The Kier molecular flexibility index (Phi) is 4.51. The number of hydrogen-bond acceptors (Lipinski definition) is 5. The minimum absolute atomic E-state index is 0.322. The fourth-order valence-corrected chi connectivity index (χ4v) is 5.30. The van der Waals surface area contributed by atoms with Crippen molar-refractivity contribution in [2.75, 3.05) is 26.2 Å². The van der Waals surface area contributed by atoms with Crippen molar-refractivity contribution in [3.63, 3.8) is 0 Å². The van der Waals surface area contributed by atoms with Gasteiger partial charge in [0.15, 0.2) is 0 Å². The van der Waals surface area contributed by atoms with Gasteiger partial charge in [0, 0.05) is 56.3 Å². The SMILES string of the molecule is Cc1cc(C(F)(F)F)nc(C)c1SN1CC2(CN(Cc3ccn(C)n3)C2)C1. The number of alkyl halides is 3. The first kappa shape index (κ1) is 18.8. The molecule has 0 saturated carbocycles. The van der Waals surface area contributed by atoms with Gasteiger partial charge in [-0.2, -0.15) is 18.3 Å². The van der Waals surface area contributed by atoms with Gasteiger partial charge >= 0.3 is 6.18 Å². The summed E-state index contributed by atoms with van der Waals surface area (Å²) in [5.41, 5.74) is 1.67. The highest BCUT2D eigenvalue weighted by Gasteiger charge is 2.52. The lowest BCUT2D eigenvalue weighted by Gasteiger charge is -2.59. The van der Waals surface area contributed by atoms with Crippen molar-refractivity contribution in [2.24, 2.45) is 12.5 Å². The van der Waals surface area contributed by atoms with E-state index < -0.39 is 11.9 Å². The summed E-state index contributed by atoms with van der Waals surface area (Å²) >= 11 is 1.53. The molecule has 2 aromatic heterocycles. The average Bonchev–Trinajstić information content (AvgIpc) is 2.89. The molecule has 0 radical (unpaired) electrons. The van der Waals surface area contributed by atoms with Crippen molar-refractivity contribution >= 4 is 11.9 Å². The lowest BCUT2D eigenvalue weighted by atomic mass is 9.74. The Morgan fingerprint density at radius 3 is 2.44 bits per heavy atom. The molecule has 0 atom stereocenters. The third-order valence-corrected chi connectivity index (χ3v) is 6.45. The average molecular weight is 397 g/mol. The van der Waals surface area contributed by atoms with Gasteiger partial charge in [-0.25, -0.2) is 9.29 Å². The summed E-state index contributed by atoms with van der Waals surface area (Å²) in [6.07, 6.45) is -2.45. The Morgan fingerprint density at radius 1 is 1.19 bits per heavy atom. The lowest BCUT2D eigenvalue weighted by molar-refractivity contribution is -0.141. The molecule has 0 bridgehead atoms. The van der Waals surface area contributed by atoms with Gasteiger partial charge in [-0.05, 0) is 43.5 Å². The fourth-order valence-electron chi connectivity index (χ4n) is 3.99. The second-order valence-corrected chi connectivity index (χ2v) is 8.86. The lowest BCUT2D eigenvalue weighted by Crippen LogP contribution is -2.70. The number of pyridine rings is 1. The Labute approximate surface area is 160 Å². The van der Waals surface area contributed by atoms with Crippen LogP contribution in [-0.2, 0) is 19.8 Å². The first-order valence-corrected chi connectivity index (χ1v) is 9.60. The zero-order valence-electron chi connectivity index (χ0n) is 15.5. The number of halogens is 3. The Hall–Kier alpha value is -1.58. The van der Waals surface area contributed by atoms with Crippen LogP contribution in [0.4, 0.5) is 13.2 Å². The summed E-state index contributed by atoms with van der Waals surface area (Å²) in [5, 5.41) is 4.41. The van der Waals surface area contributed by atoms with E-state index in [0.717, 1.165) is 49.4 Å². The van der Waals surface area contributed by atoms with Crippen LogP contribution in [0.25, 0.3) is 0 Å². The van der Waals surface area contributed by atoms with E-state index in [-0.39, 0.29) is 0 Å². The number of aryl methyl sites for hydroxylation is 3. The van der Waals surface area contributed by atoms with E-state index in [1.807, 2.05) is 24.0 Å². The molecule has 0 N–H and O–H groups in total. The van der Waals surface area contributed by atoms with Gasteiger partial charge in [0.1, 0.15) is 5.69 Å². The highest BCUT2D eigenvalue weighted by Crippen LogP contribution is 2.46. The van der Waals surface area contributed by atoms with Crippen LogP contribution in [0.2, 0.25) is 0 Å². The molecular formula is C18H22F3N5S. The minimum atomic E-state index is -4.40. The van der Waals surface area contributed by atoms with Crippen LogP contribution < -0.4 is 0 Å². The predicted octanol–water partition coefficient (Wildman–Crippen LogP) is 3.28. The van der Waals surface area contributed by atoms with Crippen molar-refractivity contribution in [2.45, 2.75) is 31.5 Å². The van der Waals surface area contributed by atoms with Crippen LogP contribution in [0, 0.1) is 19.3 Å².